The summed E-state index contributed by atoms with van der Waals surface area (Å²) in [6, 6.07) is 3.12. The lowest BCUT2D eigenvalue weighted by Crippen LogP contribution is -2.18. The Morgan fingerprint density at radius 2 is 2.00 bits per heavy atom. The van der Waals surface area contributed by atoms with E-state index in [-0.39, 0.29) is 17.7 Å². The second-order valence-electron chi connectivity index (χ2n) is 6.26. The number of nitrogens with one attached hydrogen (secondary N) is 2. The molecule has 2 N–H and O–H groups in total. The highest BCUT2D eigenvalue weighted by molar-refractivity contribution is 7.86. The second-order valence-corrected chi connectivity index (χ2v) is 7.56. The number of halogens is 3. The summed E-state index contributed by atoms with van der Waals surface area (Å²) in [6.07, 6.45) is 2.20. The SMILES string of the molecule is Cc1c(Nc2c(F)cnc(NS(=O)CCCF)c2F)ccc2ncn(C)c(=O)c12. The van der Waals surface area contributed by atoms with Crippen LogP contribution in [0.15, 0.2) is 29.5 Å². The van der Waals surface area contributed by atoms with Crippen LogP contribution in [0, 0.1) is 18.6 Å². The molecule has 1 aromatic carbocycles. The lowest BCUT2D eigenvalue weighted by atomic mass is 10.1. The monoisotopic (exact) mass is 425 g/mol. The van der Waals surface area contributed by atoms with Crippen LogP contribution in [0.2, 0.25) is 0 Å². The van der Waals surface area contributed by atoms with E-state index in [2.05, 4.69) is 20.0 Å². The number of anilines is 3. The van der Waals surface area contributed by atoms with E-state index in [0.29, 0.717) is 22.2 Å². The summed E-state index contributed by atoms with van der Waals surface area (Å²) in [5.74, 6) is -2.53. The number of hydrogen-bond donors (Lipinski definition) is 2. The molecule has 0 aliphatic heterocycles. The second kappa shape index (κ2) is 8.60. The number of alkyl halides is 1. The summed E-state index contributed by atoms with van der Waals surface area (Å²) >= 11 is 0. The Bertz CT molecular complexity index is 1150. The molecule has 0 amide bonds. The standard InChI is InChI=1S/C18H18F3N5O2S/c1-10-12(4-5-13-14(10)18(27)26(2)9-23-13)24-16-11(20)8-22-17(15(16)21)25-29(28)7-3-6-19/h4-5,8-9H,3,6-7H2,1-2H3,(H2,22,24,25). The first kappa shape index (κ1) is 20.8. The normalized spacial score (nSPS) is 12.2. The smallest absolute Gasteiger partial charge is 0.261 e. The minimum Gasteiger partial charge on any atom is -0.350 e. The predicted molar refractivity (Wildman–Crippen MR) is 106 cm³/mol. The van der Waals surface area contributed by atoms with Crippen molar-refractivity contribution >= 4 is 39.1 Å². The van der Waals surface area contributed by atoms with Crippen LogP contribution in [0.3, 0.4) is 0 Å². The zero-order valence-electron chi connectivity index (χ0n) is 15.6. The minimum absolute atomic E-state index is 0.0345. The molecular weight excluding hydrogens is 407 g/mol. The van der Waals surface area contributed by atoms with Crippen LogP contribution in [0.5, 0.6) is 0 Å². The predicted octanol–water partition coefficient (Wildman–Crippen LogP) is 3.09. The summed E-state index contributed by atoms with van der Waals surface area (Å²) in [5, 5.41) is 2.96. The average molecular weight is 425 g/mol. The lowest BCUT2D eigenvalue weighted by Gasteiger charge is -2.15. The largest absolute Gasteiger partial charge is 0.350 e. The maximum absolute atomic E-state index is 14.8. The summed E-state index contributed by atoms with van der Waals surface area (Å²) in [4.78, 5) is 20.2. The van der Waals surface area contributed by atoms with E-state index < -0.39 is 40.8 Å². The number of fused-ring (bicyclic) bond motifs is 1. The molecule has 1 atom stereocenters. The van der Waals surface area contributed by atoms with Crippen molar-refractivity contribution in [2.24, 2.45) is 7.05 Å². The Hall–Kier alpha value is -2.95. The quantitative estimate of drug-likeness (QED) is 0.607. The van der Waals surface area contributed by atoms with Gasteiger partial charge in [0.1, 0.15) is 16.7 Å². The Morgan fingerprint density at radius 1 is 1.24 bits per heavy atom. The van der Waals surface area contributed by atoms with E-state index >= 15 is 0 Å². The summed E-state index contributed by atoms with van der Waals surface area (Å²) in [6.45, 7) is 0.977. The third kappa shape index (κ3) is 4.24. The molecule has 7 nitrogen and oxygen atoms in total. The van der Waals surface area contributed by atoms with Gasteiger partial charge < -0.3 is 9.88 Å². The van der Waals surface area contributed by atoms with Crippen molar-refractivity contribution in [2.75, 3.05) is 22.5 Å². The third-order valence-electron chi connectivity index (χ3n) is 4.25. The van der Waals surface area contributed by atoms with Crippen LogP contribution >= 0.6 is 0 Å². The number of rotatable bonds is 7. The van der Waals surface area contributed by atoms with Gasteiger partial charge in [-0.15, -0.1) is 0 Å². The molecule has 0 spiro atoms. The van der Waals surface area contributed by atoms with Gasteiger partial charge in [-0.3, -0.25) is 13.9 Å². The van der Waals surface area contributed by atoms with E-state index in [1.807, 2.05) is 0 Å². The topological polar surface area (TPSA) is 88.9 Å². The van der Waals surface area contributed by atoms with Crippen LogP contribution in [0.1, 0.15) is 12.0 Å². The fraction of sp³-hybridized carbons (Fsp3) is 0.278. The molecule has 0 fully saturated rings. The minimum atomic E-state index is -1.77. The molecule has 29 heavy (non-hydrogen) atoms. The molecule has 11 heteroatoms. The molecular formula is C18H18F3N5O2S. The number of pyridine rings is 1. The lowest BCUT2D eigenvalue weighted by molar-refractivity contribution is 0.488. The molecule has 0 aliphatic carbocycles. The van der Waals surface area contributed by atoms with Crippen molar-refractivity contribution in [3.05, 3.63) is 52.2 Å². The van der Waals surface area contributed by atoms with Crippen molar-refractivity contribution in [3.63, 3.8) is 0 Å². The molecule has 0 radical (unpaired) electrons. The van der Waals surface area contributed by atoms with Crippen LogP contribution < -0.4 is 15.6 Å². The van der Waals surface area contributed by atoms with Crippen molar-refractivity contribution in [3.8, 4) is 0 Å². The molecule has 0 aliphatic rings. The number of aromatic nitrogens is 3. The van der Waals surface area contributed by atoms with Gasteiger partial charge in [-0.05, 0) is 31.0 Å². The molecule has 0 saturated heterocycles. The van der Waals surface area contributed by atoms with Gasteiger partial charge in [0.2, 0.25) is 0 Å². The molecule has 3 aromatic rings. The van der Waals surface area contributed by atoms with E-state index in [4.69, 9.17) is 0 Å². The maximum atomic E-state index is 14.8. The zero-order chi connectivity index (χ0) is 21.1. The Balaban J connectivity index is 1.99. The van der Waals surface area contributed by atoms with Crippen molar-refractivity contribution in [1.29, 1.82) is 0 Å². The first-order valence-electron chi connectivity index (χ1n) is 8.60. The van der Waals surface area contributed by atoms with Gasteiger partial charge in [-0.1, -0.05) is 0 Å². The van der Waals surface area contributed by atoms with E-state index in [1.165, 1.54) is 10.9 Å². The highest BCUT2D eigenvalue weighted by Crippen LogP contribution is 2.30. The van der Waals surface area contributed by atoms with Crippen molar-refractivity contribution in [2.45, 2.75) is 13.3 Å². The molecule has 154 valence electrons. The van der Waals surface area contributed by atoms with Crippen LogP contribution in [-0.2, 0) is 18.0 Å². The highest BCUT2D eigenvalue weighted by atomic mass is 32.2. The molecule has 3 rings (SSSR count). The van der Waals surface area contributed by atoms with Gasteiger partial charge in [0.05, 0.1) is 30.1 Å². The van der Waals surface area contributed by atoms with Gasteiger partial charge in [0.15, 0.2) is 17.5 Å². The number of nitrogens with zero attached hydrogens (tertiary/aromatic N) is 3. The molecule has 0 saturated carbocycles. The number of aryl methyl sites for hydroxylation is 2. The van der Waals surface area contributed by atoms with Gasteiger partial charge in [0, 0.05) is 18.5 Å². The molecule has 2 aromatic heterocycles. The first-order valence-corrected chi connectivity index (χ1v) is 9.92. The fourth-order valence-corrected chi connectivity index (χ4v) is 3.55. The van der Waals surface area contributed by atoms with Gasteiger partial charge in [-0.2, -0.15) is 0 Å². The van der Waals surface area contributed by atoms with Gasteiger partial charge >= 0.3 is 0 Å². The van der Waals surface area contributed by atoms with E-state index in [9.17, 15) is 22.2 Å². The van der Waals surface area contributed by atoms with Gasteiger partial charge in [-0.25, -0.2) is 23.0 Å². The summed E-state index contributed by atoms with van der Waals surface area (Å²) in [7, 11) is -0.213. The van der Waals surface area contributed by atoms with Crippen molar-refractivity contribution in [1.82, 2.24) is 14.5 Å². The third-order valence-corrected chi connectivity index (χ3v) is 5.33. The van der Waals surface area contributed by atoms with Crippen LogP contribution in [-0.4, -0.2) is 31.2 Å². The summed E-state index contributed by atoms with van der Waals surface area (Å²) in [5.41, 5.74) is 0.409. The van der Waals surface area contributed by atoms with Crippen LogP contribution in [0.4, 0.5) is 30.4 Å². The Kier molecular flexibility index (Phi) is 6.16. The van der Waals surface area contributed by atoms with Gasteiger partial charge in [0.25, 0.3) is 5.56 Å². The van der Waals surface area contributed by atoms with E-state index in [0.717, 1.165) is 6.20 Å². The number of hydrogen-bond acceptors (Lipinski definition) is 5. The first-order chi connectivity index (χ1) is 13.8. The van der Waals surface area contributed by atoms with Crippen molar-refractivity contribution < 1.29 is 17.4 Å². The zero-order valence-corrected chi connectivity index (χ0v) is 16.4. The maximum Gasteiger partial charge on any atom is 0.261 e. The molecule has 0 bridgehead atoms. The Morgan fingerprint density at radius 3 is 2.72 bits per heavy atom. The van der Waals surface area contributed by atoms with E-state index in [1.54, 1.807) is 26.1 Å². The Labute approximate surface area is 166 Å². The number of benzene rings is 1. The van der Waals surface area contributed by atoms with Crippen LogP contribution in [0.25, 0.3) is 10.9 Å². The fourth-order valence-electron chi connectivity index (χ4n) is 2.72. The summed E-state index contributed by atoms with van der Waals surface area (Å²) < 4.78 is 56.7. The highest BCUT2D eigenvalue weighted by Gasteiger charge is 2.18. The average Bonchev–Trinajstić information content (AvgIpc) is 2.70. The molecule has 2 heterocycles. The molecule has 1 unspecified atom stereocenters.